The van der Waals surface area contributed by atoms with Gasteiger partial charge < -0.3 is 0 Å². The van der Waals surface area contributed by atoms with E-state index in [9.17, 15) is 12.8 Å². The molecule has 0 amide bonds. The number of nitrogens with one attached hydrogen (secondary N) is 2. The summed E-state index contributed by atoms with van der Waals surface area (Å²) in [5.74, 6) is -0.425. The number of aromatic nitrogens is 2. The lowest BCUT2D eigenvalue weighted by molar-refractivity contribution is 0.579. The zero-order valence-electron chi connectivity index (χ0n) is 11.5. The second-order valence-corrected chi connectivity index (χ2v) is 6.42. The minimum atomic E-state index is -3.67. The first-order valence-electron chi connectivity index (χ1n) is 6.07. The molecule has 0 bridgehead atoms. The fourth-order valence-electron chi connectivity index (χ4n) is 1.87. The third-order valence-electron chi connectivity index (χ3n) is 3.16. The van der Waals surface area contributed by atoms with Crippen molar-refractivity contribution in [1.82, 2.24) is 14.9 Å². The number of aryl methyl sites for hydroxylation is 3. The molecule has 1 aromatic heterocycles. The smallest absolute Gasteiger partial charge is 0.240 e. The van der Waals surface area contributed by atoms with E-state index in [0.29, 0.717) is 5.56 Å². The predicted molar refractivity (Wildman–Crippen MR) is 73.2 cm³/mol. The fraction of sp³-hybridized carbons (Fsp3) is 0.308. The molecule has 7 heteroatoms. The Hall–Kier alpha value is -1.73. The highest BCUT2D eigenvalue weighted by Crippen LogP contribution is 2.15. The molecule has 20 heavy (non-hydrogen) atoms. The number of aromatic amines is 1. The quantitative estimate of drug-likeness (QED) is 0.905. The lowest BCUT2D eigenvalue weighted by atomic mass is 10.2. The Morgan fingerprint density at radius 2 is 2.00 bits per heavy atom. The maximum atomic E-state index is 13.2. The first-order valence-corrected chi connectivity index (χ1v) is 7.56. The number of hydrogen-bond acceptors (Lipinski definition) is 3. The zero-order chi connectivity index (χ0) is 14.9. The van der Waals surface area contributed by atoms with Gasteiger partial charge in [-0.3, -0.25) is 5.10 Å². The Kier molecular flexibility index (Phi) is 3.92. The molecule has 0 saturated carbocycles. The van der Waals surface area contributed by atoms with Gasteiger partial charge in [0, 0.05) is 17.8 Å². The number of benzene rings is 1. The van der Waals surface area contributed by atoms with Crippen LogP contribution in [0.15, 0.2) is 23.1 Å². The molecule has 1 aromatic carbocycles. The third-order valence-corrected chi connectivity index (χ3v) is 4.56. The predicted octanol–water partition coefficient (Wildman–Crippen LogP) is 1.95. The maximum absolute atomic E-state index is 13.2. The highest BCUT2D eigenvalue weighted by atomic mass is 32.2. The Morgan fingerprint density at radius 1 is 1.30 bits per heavy atom. The van der Waals surface area contributed by atoms with Gasteiger partial charge in [-0.15, -0.1) is 0 Å². The van der Waals surface area contributed by atoms with Crippen molar-refractivity contribution in [3.05, 3.63) is 46.5 Å². The van der Waals surface area contributed by atoms with E-state index in [0.717, 1.165) is 23.0 Å². The van der Waals surface area contributed by atoms with Crippen molar-refractivity contribution in [3.8, 4) is 0 Å². The van der Waals surface area contributed by atoms with E-state index >= 15 is 0 Å². The van der Waals surface area contributed by atoms with Crippen LogP contribution in [0.5, 0.6) is 0 Å². The van der Waals surface area contributed by atoms with Gasteiger partial charge in [0.05, 0.1) is 10.6 Å². The van der Waals surface area contributed by atoms with Crippen LogP contribution in [0.4, 0.5) is 4.39 Å². The van der Waals surface area contributed by atoms with Gasteiger partial charge >= 0.3 is 0 Å². The summed E-state index contributed by atoms with van der Waals surface area (Å²) >= 11 is 0. The van der Waals surface area contributed by atoms with E-state index in [1.807, 2.05) is 6.92 Å². The van der Waals surface area contributed by atoms with E-state index in [2.05, 4.69) is 14.9 Å². The topological polar surface area (TPSA) is 74.8 Å². The second-order valence-electron chi connectivity index (χ2n) is 4.65. The molecule has 0 atom stereocenters. The van der Waals surface area contributed by atoms with Gasteiger partial charge in [-0.05, 0) is 44.5 Å². The number of H-pyrrole nitrogens is 1. The van der Waals surface area contributed by atoms with Crippen molar-refractivity contribution in [1.29, 1.82) is 0 Å². The number of nitrogens with zero attached hydrogens (tertiary/aromatic N) is 1. The van der Waals surface area contributed by atoms with Gasteiger partial charge in [0.15, 0.2) is 0 Å². The average molecular weight is 297 g/mol. The minimum absolute atomic E-state index is 0.0511. The first kappa shape index (κ1) is 14.7. The number of hydrogen-bond donors (Lipinski definition) is 2. The molecule has 0 spiro atoms. The Morgan fingerprint density at radius 3 is 2.55 bits per heavy atom. The molecule has 5 nitrogen and oxygen atoms in total. The van der Waals surface area contributed by atoms with Crippen molar-refractivity contribution in [3.63, 3.8) is 0 Å². The van der Waals surface area contributed by atoms with Crippen LogP contribution >= 0.6 is 0 Å². The SMILES string of the molecule is Cc1cc(S(=O)(=O)NCc2c(C)n[nH]c2C)ccc1F. The number of sulfonamides is 1. The molecule has 0 aliphatic heterocycles. The summed E-state index contributed by atoms with van der Waals surface area (Å²) in [4.78, 5) is 0.0511. The largest absolute Gasteiger partial charge is 0.282 e. The van der Waals surface area contributed by atoms with Gasteiger partial charge in [-0.1, -0.05) is 0 Å². The normalized spacial score (nSPS) is 11.8. The molecule has 0 saturated heterocycles. The molecule has 1 heterocycles. The molecule has 0 aliphatic carbocycles. The van der Waals surface area contributed by atoms with Crippen LogP contribution in [0.3, 0.4) is 0 Å². The molecule has 2 N–H and O–H groups in total. The van der Waals surface area contributed by atoms with Gasteiger partial charge in [-0.2, -0.15) is 5.10 Å². The van der Waals surface area contributed by atoms with Crippen LogP contribution in [-0.4, -0.2) is 18.6 Å². The summed E-state index contributed by atoms with van der Waals surface area (Å²) in [5.41, 5.74) is 2.68. The van der Waals surface area contributed by atoms with Gasteiger partial charge in [-0.25, -0.2) is 17.5 Å². The van der Waals surface area contributed by atoms with Crippen LogP contribution in [0.25, 0.3) is 0 Å². The lowest BCUT2D eigenvalue weighted by Gasteiger charge is -2.08. The molecule has 0 radical (unpaired) electrons. The lowest BCUT2D eigenvalue weighted by Crippen LogP contribution is -2.24. The van der Waals surface area contributed by atoms with Crippen LogP contribution < -0.4 is 4.72 Å². The molecule has 0 unspecified atom stereocenters. The maximum Gasteiger partial charge on any atom is 0.240 e. The fourth-order valence-corrected chi connectivity index (χ4v) is 2.95. The summed E-state index contributed by atoms with van der Waals surface area (Å²) in [6, 6.07) is 3.71. The number of rotatable bonds is 4. The van der Waals surface area contributed by atoms with E-state index in [1.165, 1.54) is 19.1 Å². The first-order chi connectivity index (χ1) is 9.31. The van der Waals surface area contributed by atoms with Crippen molar-refractivity contribution in [2.45, 2.75) is 32.2 Å². The van der Waals surface area contributed by atoms with Gasteiger partial charge in [0.25, 0.3) is 0 Å². The molecule has 2 rings (SSSR count). The molecule has 108 valence electrons. The Bertz CT molecular complexity index is 719. The van der Waals surface area contributed by atoms with Crippen LogP contribution in [0, 0.1) is 26.6 Å². The number of halogens is 1. The minimum Gasteiger partial charge on any atom is -0.282 e. The van der Waals surface area contributed by atoms with Crippen molar-refractivity contribution in [2.24, 2.45) is 0 Å². The van der Waals surface area contributed by atoms with Gasteiger partial charge in [0.2, 0.25) is 10.0 Å². The summed E-state index contributed by atoms with van der Waals surface area (Å²) in [7, 11) is -3.67. The van der Waals surface area contributed by atoms with E-state index in [1.54, 1.807) is 6.92 Å². The van der Waals surface area contributed by atoms with Crippen molar-refractivity contribution in [2.75, 3.05) is 0 Å². The van der Waals surface area contributed by atoms with Gasteiger partial charge in [0.1, 0.15) is 5.82 Å². The van der Waals surface area contributed by atoms with E-state index < -0.39 is 15.8 Å². The monoisotopic (exact) mass is 297 g/mol. The third kappa shape index (κ3) is 2.88. The van der Waals surface area contributed by atoms with Crippen LogP contribution in [0.2, 0.25) is 0 Å². The molecular formula is C13H16FN3O2S. The summed E-state index contributed by atoms with van der Waals surface area (Å²) < 4.78 is 40.0. The Labute approximate surface area is 117 Å². The summed E-state index contributed by atoms with van der Waals surface area (Å²) in [6.45, 7) is 5.30. The summed E-state index contributed by atoms with van der Waals surface area (Å²) in [6.07, 6.45) is 0. The highest BCUT2D eigenvalue weighted by Gasteiger charge is 2.16. The molecular weight excluding hydrogens is 281 g/mol. The van der Waals surface area contributed by atoms with Crippen LogP contribution in [-0.2, 0) is 16.6 Å². The van der Waals surface area contributed by atoms with E-state index in [4.69, 9.17) is 0 Å². The second kappa shape index (κ2) is 5.34. The Balaban J connectivity index is 2.21. The molecule has 2 aromatic rings. The molecule has 0 fully saturated rings. The van der Waals surface area contributed by atoms with Crippen molar-refractivity contribution < 1.29 is 12.8 Å². The molecule has 0 aliphatic rings. The van der Waals surface area contributed by atoms with E-state index in [-0.39, 0.29) is 11.4 Å². The summed E-state index contributed by atoms with van der Waals surface area (Å²) in [5, 5.41) is 6.80. The van der Waals surface area contributed by atoms with Crippen LogP contribution in [0.1, 0.15) is 22.5 Å². The van der Waals surface area contributed by atoms with Crippen molar-refractivity contribution >= 4 is 10.0 Å². The zero-order valence-corrected chi connectivity index (χ0v) is 12.3. The highest BCUT2D eigenvalue weighted by molar-refractivity contribution is 7.89. The standard InChI is InChI=1S/C13H16FN3O2S/c1-8-6-11(4-5-13(8)14)20(18,19)15-7-12-9(2)16-17-10(12)3/h4-6,15H,7H2,1-3H3,(H,16,17). The average Bonchev–Trinajstić information content (AvgIpc) is 2.70.